The number of nitriles is 1. The number of thioether (sulfide) groups is 1. The number of ether oxygens (including phenoxy) is 1. The minimum atomic E-state index is -0.513. The molecule has 1 aromatic heterocycles. The molecule has 0 spiro atoms. The lowest BCUT2D eigenvalue weighted by Gasteiger charge is -2.08. The molecule has 1 amide bonds. The Morgan fingerprint density at radius 1 is 1.18 bits per heavy atom. The minimum absolute atomic E-state index is 0.0485. The maximum atomic E-state index is 11.9. The van der Waals surface area contributed by atoms with E-state index in [0.29, 0.717) is 11.3 Å². The molecule has 28 heavy (non-hydrogen) atoms. The van der Waals surface area contributed by atoms with Gasteiger partial charge in [-0.15, -0.1) is 0 Å². The average Bonchev–Trinajstić information content (AvgIpc) is 2.71. The van der Waals surface area contributed by atoms with Gasteiger partial charge in [0.05, 0.1) is 27.5 Å². The fraction of sp³-hybridized carbons (Fsp3) is 0.143. The second-order valence-electron chi connectivity index (χ2n) is 5.95. The number of nitrogens with zero attached hydrogens (tertiary/aromatic N) is 2. The molecule has 0 radical (unpaired) electrons. The molecule has 0 saturated heterocycles. The monoisotopic (exact) mass is 391 g/mol. The van der Waals surface area contributed by atoms with Gasteiger partial charge in [-0.3, -0.25) is 9.59 Å². The Hall–Kier alpha value is -3.37. The van der Waals surface area contributed by atoms with Gasteiger partial charge in [-0.05, 0) is 36.8 Å². The third kappa shape index (κ3) is 4.87. The second-order valence-corrected chi connectivity index (χ2v) is 6.95. The maximum Gasteiger partial charge on any atom is 0.316 e. The number of amides is 1. The van der Waals surface area contributed by atoms with Crippen LogP contribution in [-0.4, -0.2) is 29.2 Å². The molecule has 0 aliphatic carbocycles. The highest BCUT2D eigenvalue weighted by Crippen LogP contribution is 2.23. The quantitative estimate of drug-likeness (QED) is 0.509. The van der Waals surface area contributed by atoms with Crippen molar-refractivity contribution in [2.24, 2.45) is 0 Å². The van der Waals surface area contributed by atoms with E-state index >= 15 is 0 Å². The number of fused-ring (bicyclic) bond motifs is 1. The van der Waals surface area contributed by atoms with Crippen LogP contribution in [0.2, 0.25) is 0 Å². The molecule has 2 aromatic carbocycles. The molecule has 1 heterocycles. The molecule has 3 aromatic rings. The summed E-state index contributed by atoms with van der Waals surface area (Å²) in [5.41, 5.74) is 2.68. The van der Waals surface area contributed by atoms with Crippen molar-refractivity contribution in [2.45, 2.75) is 11.9 Å². The molecule has 0 bridgehead atoms. The zero-order chi connectivity index (χ0) is 19.9. The van der Waals surface area contributed by atoms with Gasteiger partial charge in [0.15, 0.2) is 6.61 Å². The van der Waals surface area contributed by atoms with Gasteiger partial charge in [0, 0.05) is 5.39 Å². The van der Waals surface area contributed by atoms with Crippen LogP contribution < -0.4 is 5.32 Å². The van der Waals surface area contributed by atoms with Crippen molar-refractivity contribution in [2.75, 3.05) is 17.7 Å². The third-order valence-electron chi connectivity index (χ3n) is 3.92. The van der Waals surface area contributed by atoms with Crippen molar-refractivity contribution < 1.29 is 14.3 Å². The van der Waals surface area contributed by atoms with Crippen LogP contribution in [0.5, 0.6) is 0 Å². The standard InChI is InChI=1S/C21H17N3O3S/c1-14-10-20(24-18-9-5-3-7-16(14)18)28-13-21(26)27-12-19(25)23-17-8-4-2-6-15(17)11-22/h2-10H,12-13H2,1H3,(H,23,25). The first-order valence-electron chi connectivity index (χ1n) is 8.50. The summed E-state index contributed by atoms with van der Waals surface area (Å²) in [5, 5.41) is 13.4. The number of nitrogens with one attached hydrogen (secondary N) is 1. The number of aryl methyl sites for hydroxylation is 1. The Morgan fingerprint density at radius 3 is 2.75 bits per heavy atom. The maximum absolute atomic E-state index is 11.9. The number of para-hydroxylation sites is 2. The molecular weight excluding hydrogens is 374 g/mol. The van der Waals surface area contributed by atoms with E-state index in [1.54, 1.807) is 24.3 Å². The van der Waals surface area contributed by atoms with Gasteiger partial charge in [0.25, 0.3) is 5.91 Å². The van der Waals surface area contributed by atoms with Crippen LogP contribution >= 0.6 is 11.8 Å². The largest absolute Gasteiger partial charge is 0.455 e. The molecular formula is C21H17N3O3S. The number of carbonyl (C=O) groups excluding carboxylic acids is 2. The highest BCUT2D eigenvalue weighted by Gasteiger charge is 2.11. The highest BCUT2D eigenvalue weighted by molar-refractivity contribution is 7.99. The first-order valence-corrected chi connectivity index (χ1v) is 9.49. The van der Waals surface area contributed by atoms with E-state index < -0.39 is 18.5 Å². The summed E-state index contributed by atoms with van der Waals surface area (Å²) in [6.07, 6.45) is 0. The van der Waals surface area contributed by atoms with Crippen LogP contribution in [0.25, 0.3) is 10.9 Å². The van der Waals surface area contributed by atoms with Gasteiger partial charge in [-0.1, -0.05) is 42.1 Å². The summed E-state index contributed by atoms with van der Waals surface area (Å²) in [5.74, 6) is -0.964. The summed E-state index contributed by atoms with van der Waals surface area (Å²) < 4.78 is 5.01. The van der Waals surface area contributed by atoms with E-state index in [2.05, 4.69) is 10.3 Å². The van der Waals surface area contributed by atoms with Crippen LogP contribution in [0, 0.1) is 18.3 Å². The van der Waals surface area contributed by atoms with Crippen LogP contribution in [0.4, 0.5) is 5.69 Å². The lowest BCUT2D eigenvalue weighted by molar-refractivity contribution is -0.144. The van der Waals surface area contributed by atoms with Crippen molar-refractivity contribution in [3.05, 3.63) is 65.7 Å². The highest BCUT2D eigenvalue weighted by atomic mass is 32.2. The smallest absolute Gasteiger partial charge is 0.316 e. The number of benzene rings is 2. The zero-order valence-electron chi connectivity index (χ0n) is 15.1. The molecule has 0 atom stereocenters. The van der Waals surface area contributed by atoms with Crippen LogP contribution in [0.1, 0.15) is 11.1 Å². The Labute approximate surface area is 166 Å². The Kier molecular flexibility index (Phi) is 6.25. The molecule has 0 aliphatic heterocycles. The summed E-state index contributed by atoms with van der Waals surface area (Å²) >= 11 is 1.26. The molecule has 1 N–H and O–H groups in total. The molecule has 0 aliphatic rings. The van der Waals surface area contributed by atoms with Crippen molar-refractivity contribution in [3.8, 4) is 6.07 Å². The normalized spacial score (nSPS) is 10.3. The van der Waals surface area contributed by atoms with E-state index in [1.165, 1.54) is 11.8 Å². The fourth-order valence-corrected chi connectivity index (χ4v) is 3.36. The zero-order valence-corrected chi connectivity index (χ0v) is 16.0. The molecule has 140 valence electrons. The van der Waals surface area contributed by atoms with Crippen molar-refractivity contribution in [3.63, 3.8) is 0 Å². The minimum Gasteiger partial charge on any atom is -0.455 e. The Morgan fingerprint density at radius 2 is 1.93 bits per heavy atom. The first kappa shape index (κ1) is 19.4. The van der Waals surface area contributed by atoms with Crippen LogP contribution in [-0.2, 0) is 14.3 Å². The molecule has 0 saturated carbocycles. The third-order valence-corrected chi connectivity index (χ3v) is 4.81. The number of hydrogen-bond donors (Lipinski definition) is 1. The molecule has 0 fully saturated rings. The van der Waals surface area contributed by atoms with Gasteiger partial charge in [0.1, 0.15) is 6.07 Å². The number of hydrogen-bond acceptors (Lipinski definition) is 6. The van der Waals surface area contributed by atoms with Gasteiger partial charge >= 0.3 is 5.97 Å². The SMILES string of the molecule is Cc1cc(SCC(=O)OCC(=O)Nc2ccccc2C#N)nc2ccccc12. The van der Waals surface area contributed by atoms with Crippen molar-refractivity contribution in [1.29, 1.82) is 5.26 Å². The van der Waals surface area contributed by atoms with E-state index in [1.807, 2.05) is 43.3 Å². The Bertz CT molecular complexity index is 1080. The fourth-order valence-electron chi connectivity index (χ4n) is 2.59. The lowest BCUT2D eigenvalue weighted by Crippen LogP contribution is -2.22. The topological polar surface area (TPSA) is 92.1 Å². The van der Waals surface area contributed by atoms with E-state index in [4.69, 9.17) is 10.00 Å². The van der Waals surface area contributed by atoms with Gasteiger partial charge in [0.2, 0.25) is 0 Å². The van der Waals surface area contributed by atoms with Gasteiger partial charge in [-0.25, -0.2) is 4.98 Å². The first-order chi connectivity index (χ1) is 13.6. The van der Waals surface area contributed by atoms with E-state index in [9.17, 15) is 9.59 Å². The number of rotatable bonds is 6. The van der Waals surface area contributed by atoms with E-state index in [0.717, 1.165) is 21.5 Å². The predicted octanol–water partition coefficient (Wildman–Crippen LogP) is 3.69. The average molecular weight is 391 g/mol. The molecule has 0 unspecified atom stereocenters. The lowest BCUT2D eigenvalue weighted by atomic mass is 10.1. The summed E-state index contributed by atoms with van der Waals surface area (Å²) in [7, 11) is 0. The Balaban J connectivity index is 1.51. The van der Waals surface area contributed by atoms with Crippen molar-refractivity contribution >= 4 is 40.2 Å². The number of pyridine rings is 1. The summed E-state index contributed by atoms with van der Waals surface area (Å²) in [4.78, 5) is 28.4. The van der Waals surface area contributed by atoms with Crippen molar-refractivity contribution in [1.82, 2.24) is 4.98 Å². The summed E-state index contributed by atoms with van der Waals surface area (Å²) in [6.45, 7) is 1.58. The van der Waals surface area contributed by atoms with Gasteiger partial charge in [-0.2, -0.15) is 5.26 Å². The van der Waals surface area contributed by atoms with Gasteiger partial charge < -0.3 is 10.1 Å². The second kappa shape index (κ2) is 9.02. The number of anilines is 1. The molecule has 3 rings (SSSR count). The predicted molar refractivity (Wildman–Crippen MR) is 108 cm³/mol. The summed E-state index contributed by atoms with van der Waals surface area (Å²) in [6, 6.07) is 18.3. The van der Waals surface area contributed by atoms with E-state index in [-0.39, 0.29) is 5.75 Å². The van der Waals surface area contributed by atoms with Crippen LogP contribution in [0.15, 0.2) is 59.6 Å². The molecule has 6 nitrogen and oxygen atoms in total. The molecule has 7 heteroatoms. The van der Waals surface area contributed by atoms with Crippen LogP contribution in [0.3, 0.4) is 0 Å². The number of carbonyl (C=O) groups is 2. The number of esters is 1. The number of aromatic nitrogens is 1.